The van der Waals surface area contributed by atoms with Gasteiger partial charge in [0.15, 0.2) is 11.5 Å². The summed E-state index contributed by atoms with van der Waals surface area (Å²) in [6.07, 6.45) is 0.296. The zero-order valence-corrected chi connectivity index (χ0v) is 15.4. The third-order valence-electron chi connectivity index (χ3n) is 3.45. The molecule has 0 saturated carbocycles. The van der Waals surface area contributed by atoms with E-state index in [-0.39, 0.29) is 11.9 Å². The molecule has 1 heterocycles. The summed E-state index contributed by atoms with van der Waals surface area (Å²) in [5.41, 5.74) is 1.79. The van der Waals surface area contributed by atoms with Gasteiger partial charge in [-0.25, -0.2) is 4.98 Å². The molecule has 1 amide bonds. The summed E-state index contributed by atoms with van der Waals surface area (Å²) in [6, 6.07) is 5.64. The second kappa shape index (κ2) is 8.68. The predicted octanol–water partition coefficient (Wildman–Crippen LogP) is 3.67. The van der Waals surface area contributed by atoms with Gasteiger partial charge in [0.1, 0.15) is 0 Å². The van der Waals surface area contributed by atoms with Crippen LogP contribution < -0.4 is 14.8 Å². The number of amides is 1. The summed E-state index contributed by atoms with van der Waals surface area (Å²) in [6.45, 7) is 8.90. The fraction of sp³-hybridized carbons (Fsp3) is 0.444. The first-order valence-corrected chi connectivity index (χ1v) is 9.01. The van der Waals surface area contributed by atoms with Crippen LogP contribution in [0.1, 0.15) is 43.1 Å². The summed E-state index contributed by atoms with van der Waals surface area (Å²) >= 11 is 1.55. The van der Waals surface area contributed by atoms with Crippen molar-refractivity contribution in [2.24, 2.45) is 0 Å². The smallest absolute Gasteiger partial charge is 0.226 e. The highest BCUT2D eigenvalue weighted by Gasteiger charge is 2.14. The number of carbonyl (C=O) groups excluding carboxylic acids is 1. The van der Waals surface area contributed by atoms with Gasteiger partial charge in [-0.15, -0.1) is 11.3 Å². The molecule has 130 valence electrons. The second-order valence-electron chi connectivity index (χ2n) is 5.40. The number of nitrogens with zero attached hydrogens (tertiary/aromatic N) is 1. The van der Waals surface area contributed by atoms with Gasteiger partial charge >= 0.3 is 0 Å². The highest BCUT2D eigenvalue weighted by molar-refractivity contribution is 7.09. The van der Waals surface area contributed by atoms with E-state index in [1.54, 1.807) is 11.3 Å². The Balaban J connectivity index is 2.04. The Morgan fingerprint density at radius 3 is 2.58 bits per heavy atom. The lowest BCUT2D eigenvalue weighted by Crippen LogP contribution is -2.28. The summed E-state index contributed by atoms with van der Waals surface area (Å²) in [5, 5.41) is 5.90. The Bertz CT molecular complexity index is 685. The van der Waals surface area contributed by atoms with E-state index in [1.807, 2.05) is 51.3 Å². The Hall–Kier alpha value is -2.08. The summed E-state index contributed by atoms with van der Waals surface area (Å²) < 4.78 is 11.2. The molecule has 6 heteroatoms. The first-order valence-electron chi connectivity index (χ1n) is 8.13. The lowest BCUT2D eigenvalue weighted by Gasteiger charge is -2.17. The first-order chi connectivity index (χ1) is 11.5. The molecule has 0 aliphatic carbocycles. The molecule has 0 aliphatic heterocycles. The average molecular weight is 348 g/mol. The molecule has 24 heavy (non-hydrogen) atoms. The molecule has 1 N–H and O–H groups in total. The number of carbonyl (C=O) groups is 1. The van der Waals surface area contributed by atoms with Crippen molar-refractivity contribution in [1.29, 1.82) is 0 Å². The van der Waals surface area contributed by atoms with Crippen molar-refractivity contribution in [3.8, 4) is 11.5 Å². The van der Waals surface area contributed by atoms with E-state index in [9.17, 15) is 4.79 Å². The SMILES string of the molecule is CCOc1ccc(C(C)NC(=O)Cc2csc(C)n2)cc1OCC. The Morgan fingerprint density at radius 1 is 1.25 bits per heavy atom. The van der Waals surface area contributed by atoms with Crippen LogP contribution in [0.15, 0.2) is 23.6 Å². The molecule has 0 fully saturated rings. The minimum absolute atomic E-state index is 0.0420. The molecule has 1 unspecified atom stereocenters. The summed E-state index contributed by atoms with van der Waals surface area (Å²) in [7, 11) is 0. The van der Waals surface area contributed by atoms with Crippen molar-refractivity contribution in [1.82, 2.24) is 10.3 Å². The van der Waals surface area contributed by atoms with E-state index in [4.69, 9.17) is 9.47 Å². The maximum Gasteiger partial charge on any atom is 0.226 e. The van der Waals surface area contributed by atoms with Crippen molar-refractivity contribution in [2.75, 3.05) is 13.2 Å². The molecule has 1 atom stereocenters. The van der Waals surface area contributed by atoms with Crippen molar-refractivity contribution in [3.63, 3.8) is 0 Å². The van der Waals surface area contributed by atoms with Crippen molar-refractivity contribution in [3.05, 3.63) is 39.8 Å². The second-order valence-corrected chi connectivity index (χ2v) is 6.46. The third-order valence-corrected chi connectivity index (χ3v) is 4.28. The molecular weight excluding hydrogens is 324 g/mol. The number of hydrogen-bond donors (Lipinski definition) is 1. The molecule has 5 nitrogen and oxygen atoms in total. The third kappa shape index (κ3) is 4.96. The summed E-state index contributed by atoms with van der Waals surface area (Å²) in [5.74, 6) is 1.38. The van der Waals surface area contributed by atoms with Crippen LogP contribution >= 0.6 is 11.3 Å². The number of benzene rings is 1. The van der Waals surface area contributed by atoms with Gasteiger partial charge in [-0.05, 0) is 45.4 Å². The Kier molecular flexibility index (Phi) is 6.61. The molecule has 1 aromatic carbocycles. The molecule has 2 rings (SSSR count). The number of rotatable bonds is 8. The predicted molar refractivity (Wildman–Crippen MR) is 95.9 cm³/mol. The van der Waals surface area contributed by atoms with Crippen molar-refractivity contribution < 1.29 is 14.3 Å². The van der Waals surface area contributed by atoms with E-state index >= 15 is 0 Å². The minimum atomic E-state index is -0.118. The molecule has 0 spiro atoms. The maximum atomic E-state index is 12.2. The normalized spacial score (nSPS) is 11.8. The van der Waals surface area contributed by atoms with Crippen LogP contribution in [0.2, 0.25) is 0 Å². The molecule has 2 aromatic rings. The van der Waals surface area contributed by atoms with Crippen LogP contribution in [0.5, 0.6) is 11.5 Å². The van der Waals surface area contributed by atoms with E-state index < -0.39 is 0 Å². The van der Waals surface area contributed by atoms with Crippen LogP contribution in [-0.2, 0) is 11.2 Å². The van der Waals surface area contributed by atoms with Crippen LogP contribution in [0.4, 0.5) is 0 Å². The van der Waals surface area contributed by atoms with Crippen LogP contribution in [0.3, 0.4) is 0 Å². The van der Waals surface area contributed by atoms with Gasteiger partial charge in [0.25, 0.3) is 0 Å². The monoisotopic (exact) mass is 348 g/mol. The minimum Gasteiger partial charge on any atom is -0.490 e. The van der Waals surface area contributed by atoms with Gasteiger partial charge in [-0.3, -0.25) is 4.79 Å². The molecule has 0 bridgehead atoms. The molecule has 0 aliphatic rings. The highest BCUT2D eigenvalue weighted by Crippen LogP contribution is 2.30. The fourth-order valence-corrected chi connectivity index (χ4v) is 2.98. The molecule has 1 aromatic heterocycles. The van der Waals surface area contributed by atoms with E-state index in [2.05, 4.69) is 10.3 Å². The van der Waals surface area contributed by atoms with Gasteiger partial charge in [0, 0.05) is 5.38 Å². The molecule has 0 radical (unpaired) electrons. The van der Waals surface area contributed by atoms with Crippen molar-refractivity contribution >= 4 is 17.2 Å². The number of nitrogens with one attached hydrogen (secondary N) is 1. The lowest BCUT2D eigenvalue weighted by molar-refractivity contribution is -0.121. The number of aryl methyl sites for hydroxylation is 1. The van der Waals surface area contributed by atoms with E-state index in [1.165, 1.54) is 0 Å². The number of thiazole rings is 1. The maximum absolute atomic E-state index is 12.2. The fourth-order valence-electron chi connectivity index (χ4n) is 2.37. The lowest BCUT2D eigenvalue weighted by atomic mass is 10.1. The highest BCUT2D eigenvalue weighted by atomic mass is 32.1. The van der Waals surface area contributed by atoms with Crippen LogP contribution in [0.25, 0.3) is 0 Å². The quantitative estimate of drug-likeness (QED) is 0.791. The molecular formula is C18H24N2O3S. The standard InChI is InChI=1S/C18H24N2O3S/c1-5-22-16-8-7-14(9-17(16)23-6-2)12(3)19-18(21)10-15-11-24-13(4)20-15/h7-9,11-12H,5-6,10H2,1-4H3,(H,19,21). The molecule has 0 saturated heterocycles. The number of ether oxygens (including phenoxy) is 2. The largest absolute Gasteiger partial charge is 0.490 e. The number of hydrogen-bond acceptors (Lipinski definition) is 5. The summed E-state index contributed by atoms with van der Waals surface area (Å²) in [4.78, 5) is 16.5. The Labute approximate surface area is 147 Å². The average Bonchev–Trinajstić information content (AvgIpc) is 2.94. The van der Waals surface area contributed by atoms with Crippen LogP contribution in [0, 0.1) is 6.92 Å². The van der Waals surface area contributed by atoms with Gasteiger partial charge in [0.2, 0.25) is 5.91 Å². The van der Waals surface area contributed by atoms with Crippen LogP contribution in [-0.4, -0.2) is 24.1 Å². The number of aromatic nitrogens is 1. The Morgan fingerprint density at radius 2 is 1.96 bits per heavy atom. The van der Waals surface area contributed by atoms with E-state index in [0.717, 1.165) is 22.0 Å². The van der Waals surface area contributed by atoms with Gasteiger partial charge in [-0.2, -0.15) is 0 Å². The first kappa shape index (κ1) is 18.3. The van der Waals surface area contributed by atoms with Gasteiger partial charge in [-0.1, -0.05) is 6.07 Å². The zero-order valence-electron chi connectivity index (χ0n) is 14.6. The topological polar surface area (TPSA) is 60.5 Å². The van der Waals surface area contributed by atoms with Gasteiger partial charge in [0.05, 0.1) is 36.4 Å². The van der Waals surface area contributed by atoms with Gasteiger partial charge < -0.3 is 14.8 Å². The van der Waals surface area contributed by atoms with E-state index in [0.29, 0.717) is 25.4 Å². The van der Waals surface area contributed by atoms with Crippen molar-refractivity contribution in [2.45, 2.75) is 40.2 Å². The zero-order chi connectivity index (χ0) is 17.5.